The Balaban J connectivity index is 1.71. The summed E-state index contributed by atoms with van der Waals surface area (Å²) in [6.07, 6.45) is 1.71. The van der Waals surface area contributed by atoms with Crippen molar-refractivity contribution in [3.8, 4) is 5.75 Å². The molecule has 2 aromatic rings. The third-order valence-electron chi connectivity index (χ3n) is 3.43. The van der Waals surface area contributed by atoms with Gasteiger partial charge in [-0.05, 0) is 36.8 Å². The number of ether oxygens (including phenoxy) is 1. The maximum absolute atomic E-state index is 11.8. The summed E-state index contributed by atoms with van der Waals surface area (Å²) in [6, 6.07) is 14.7. The molecule has 0 fully saturated rings. The van der Waals surface area contributed by atoms with E-state index in [9.17, 15) is 9.59 Å². The van der Waals surface area contributed by atoms with Gasteiger partial charge in [-0.15, -0.1) is 0 Å². The van der Waals surface area contributed by atoms with Gasteiger partial charge in [0, 0.05) is 18.5 Å². The van der Waals surface area contributed by atoms with Gasteiger partial charge in [-0.1, -0.05) is 29.8 Å². The van der Waals surface area contributed by atoms with Gasteiger partial charge in [0.1, 0.15) is 5.75 Å². The van der Waals surface area contributed by atoms with E-state index in [2.05, 4.69) is 15.8 Å². The second-order valence-electron chi connectivity index (χ2n) is 5.48. The minimum atomic E-state index is -0.312. The lowest BCUT2D eigenvalue weighted by atomic mass is 10.2. The van der Waals surface area contributed by atoms with Gasteiger partial charge in [-0.2, -0.15) is 5.10 Å². The molecular formula is C19H21N3O3. The van der Waals surface area contributed by atoms with Crippen LogP contribution in [-0.4, -0.2) is 25.1 Å². The van der Waals surface area contributed by atoms with Gasteiger partial charge in [-0.25, -0.2) is 5.43 Å². The van der Waals surface area contributed by atoms with Crippen molar-refractivity contribution in [1.82, 2.24) is 5.43 Å². The maximum Gasteiger partial charge on any atom is 0.240 e. The van der Waals surface area contributed by atoms with Crippen molar-refractivity contribution in [3.63, 3.8) is 0 Å². The summed E-state index contributed by atoms with van der Waals surface area (Å²) in [4.78, 5) is 23.5. The third-order valence-corrected chi connectivity index (χ3v) is 3.43. The van der Waals surface area contributed by atoms with Crippen molar-refractivity contribution < 1.29 is 14.3 Å². The lowest BCUT2D eigenvalue weighted by Gasteiger charge is -2.06. The molecule has 0 spiro atoms. The number of nitrogens with one attached hydrogen (secondary N) is 2. The van der Waals surface area contributed by atoms with E-state index in [1.54, 1.807) is 37.6 Å². The van der Waals surface area contributed by atoms with Crippen LogP contribution in [0.25, 0.3) is 0 Å². The number of aryl methyl sites for hydroxylation is 1. The molecule has 130 valence electrons. The minimum absolute atomic E-state index is 0.0627. The van der Waals surface area contributed by atoms with E-state index >= 15 is 0 Å². The van der Waals surface area contributed by atoms with Gasteiger partial charge < -0.3 is 10.1 Å². The molecule has 0 aliphatic rings. The Morgan fingerprint density at radius 1 is 1.00 bits per heavy atom. The SMILES string of the molecule is COc1ccc(NC(=O)CCC(=O)NN=Cc2ccc(C)cc2)cc1. The van der Waals surface area contributed by atoms with Crippen LogP contribution in [0.5, 0.6) is 5.75 Å². The van der Waals surface area contributed by atoms with Crippen LogP contribution >= 0.6 is 0 Å². The van der Waals surface area contributed by atoms with E-state index < -0.39 is 0 Å². The Hall–Kier alpha value is -3.15. The Bertz CT molecular complexity index is 738. The molecule has 0 radical (unpaired) electrons. The van der Waals surface area contributed by atoms with E-state index in [0.717, 1.165) is 11.1 Å². The molecule has 0 aromatic heterocycles. The van der Waals surface area contributed by atoms with Crippen LogP contribution in [0.15, 0.2) is 53.6 Å². The fraction of sp³-hybridized carbons (Fsp3) is 0.211. The molecule has 6 heteroatoms. The zero-order valence-electron chi connectivity index (χ0n) is 14.3. The van der Waals surface area contributed by atoms with E-state index in [0.29, 0.717) is 11.4 Å². The second kappa shape index (κ2) is 9.22. The smallest absolute Gasteiger partial charge is 0.240 e. The summed E-state index contributed by atoms with van der Waals surface area (Å²) >= 11 is 0. The molecule has 2 aromatic carbocycles. The number of carbonyl (C=O) groups is 2. The van der Waals surface area contributed by atoms with Crippen LogP contribution in [0.3, 0.4) is 0 Å². The van der Waals surface area contributed by atoms with Crippen LogP contribution in [0, 0.1) is 6.92 Å². The number of rotatable bonds is 7. The number of anilines is 1. The molecule has 2 N–H and O–H groups in total. The summed E-state index contributed by atoms with van der Waals surface area (Å²) in [6.45, 7) is 2.00. The molecule has 0 saturated heterocycles. The standard InChI is InChI=1S/C19H21N3O3/c1-14-3-5-15(6-4-14)13-20-22-19(24)12-11-18(23)21-16-7-9-17(25-2)10-8-16/h3-10,13H,11-12H2,1-2H3,(H,21,23)(H,22,24). The fourth-order valence-corrected chi connectivity index (χ4v) is 2.01. The highest BCUT2D eigenvalue weighted by molar-refractivity contribution is 5.93. The first-order valence-corrected chi connectivity index (χ1v) is 7.89. The van der Waals surface area contributed by atoms with E-state index in [1.807, 2.05) is 31.2 Å². The summed E-state index contributed by atoms with van der Waals surface area (Å²) in [5.41, 5.74) is 5.12. The molecule has 0 saturated carbocycles. The number of benzene rings is 2. The average Bonchev–Trinajstić information content (AvgIpc) is 2.62. The van der Waals surface area contributed by atoms with Crippen LogP contribution in [0.4, 0.5) is 5.69 Å². The highest BCUT2D eigenvalue weighted by atomic mass is 16.5. The van der Waals surface area contributed by atoms with Crippen molar-refractivity contribution in [2.24, 2.45) is 5.10 Å². The normalized spacial score (nSPS) is 10.5. The molecule has 25 heavy (non-hydrogen) atoms. The second-order valence-corrected chi connectivity index (χ2v) is 5.48. The van der Waals surface area contributed by atoms with Crippen molar-refractivity contribution in [3.05, 3.63) is 59.7 Å². The summed E-state index contributed by atoms with van der Waals surface area (Å²) in [5, 5.41) is 6.60. The molecule has 0 atom stereocenters. The predicted molar refractivity (Wildman–Crippen MR) is 97.8 cm³/mol. The summed E-state index contributed by atoms with van der Waals surface area (Å²) in [5.74, 6) is 0.167. The van der Waals surface area contributed by atoms with Gasteiger partial charge in [0.25, 0.3) is 0 Å². The van der Waals surface area contributed by atoms with E-state index in [4.69, 9.17) is 4.74 Å². The molecule has 0 aliphatic carbocycles. The molecule has 0 unspecified atom stereocenters. The van der Waals surface area contributed by atoms with Crippen molar-refractivity contribution in [2.75, 3.05) is 12.4 Å². The first-order valence-electron chi connectivity index (χ1n) is 7.89. The predicted octanol–water partition coefficient (Wildman–Crippen LogP) is 2.87. The van der Waals surface area contributed by atoms with Gasteiger partial charge in [0.15, 0.2) is 0 Å². The zero-order chi connectivity index (χ0) is 18.1. The molecule has 0 aliphatic heterocycles. The van der Waals surface area contributed by atoms with Crippen LogP contribution in [0.2, 0.25) is 0 Å². The van der Waals surface area contributed by atoms with Crippen LogP contribution in [-0.2, 0) is 9.59 Å². The topological polar surface area (TPSA) is 79.8 Å². The zero-order valence-corrected chi connectivity index (χ0v) is 14.3. The first kappa shape index (κ1) is 18.2. The maximum atomic E-state index is 11.8. The van der Waals surface area contributed by atoms with Crippen LogP contribution < -0.4 is 15.5 Å². The minimum Gasteiger partial charge on any atom is -0.497 e. The quantitative estimate of drug-likeness (QED) is 0.601. The van der Waals surface area contributed by atoms with Gasteiger partial charge in [-0.3, -0.25) is 9.59 Å². The van der Waals surface area contributed by atoms with E-state index in [1.165, 1.54) is 0 Å². The van der Waals surface area contributed by atoms with Crippen molar-refractivity contribution in [2.45, 2.75) is 19.8 Å². The lowest BCUT2D eigenvalue weighted by Crippen LogP contribution is -2.20. The Morgan fingerprint density at radius 2 is 1.64 bits per heavy atom. The number of amides is 2. The number of hydrogen-bond donors (Lipinski definition) is 2. The van der Waals surface area contributed by atoms with Crippen LogP contribution in [0.1, 0.15) is 24.0 Å². The van der Waals surface area contributed by atoms with E-state index in [-0.39, 0.29) is 24.7 Å². The van der Waals surface area contributed by atoms with Gasteiger partial charge >= 0.3 is 0 Å². The lowest BCUT2D eigenvalue weighted by molar-refractivity contribution is -0.124. The molecule has 0 bridgehead atoms. The number of hydrazone groups is 1. The Kier molecular flexibility index (Phi) is 6.71. The fourth-order valence-electron chi connectivity index (χ4n) is 2.01. The summed E-state index contributed by atoms with van der Waals surface area (Å²) < 4.78 is 5.05. The third kappa shape index (κ3) is 6.47. The van der Waals surface area contributed by atoms with Gasteiger partial charge in [0.05, 0.1) is 13.3 Å². The highest BCUT2D eigenvalue weighted by Gasteiger charge is 2.06. The Morgan fingerprint density at radius 3 is 2.28 bits per heavy atom. The Labute approximate surface area is 146 Å². The number of nitrogens with zero attached hydrogens (tertiary/aromatic N) is 1. The van der Waals surface area contributed by atoms with Crippen molar-refractivity contribution in [1.29, 1.82) is 0 Å². The molecule has 2 amide bonds. The number of carbonyl (C=O) groups excluding carboxylic acids is 2. The molecular weight excluding hydrogens is 318 g/mol. The number of hydrogen-bond acceptors (Lipinski definition) is 4. The van der Waals surface area contributed by atoms with Crippen molar-refractivity contribution >= 4 is 23.7 Å². The first-order chi connectivity index (χ1) is 12.1. The number of methoxy groups -OCH3 is 1. The van der Waals surface area contributed by atoms with Gasteiger partial charge in [0.2, 0.25) is 11.8 Å². The molecule has 6 nitrogen and oxygen atoms in total. The average molecular weight is 339 g/mol. The monoisotopic (exact) mass is 339 g/mol. The summed E-state index contributed by atoms with van der Waals surface area (Å²) in [7, 11) is 1.58. The molecule has 2 rings (SSSR count). The molecule has 0 heterocycles. The highest BCUT2D eigenvalue weighted by Crippen LogP contribution is 2.15. The largest absolute Gasteiger partial charge is 0.497 e.